The minimum atomic E-state index is -0.507. The lowest BCUT2D eigenvalue weighted by Crippen LogP contribution is -1.90. The van der Waals surface area contributed by atoms with Gasteiger partial charge in [0.15, 0.2) is 0 Å². The predicted molar refractivity (Wildman–Crippen MR) is 50.5 cm³/mol. The molecule has 0 heterocycles. The van der Waals surface area contributed by atoms with Gasteiger partial charge in [-0.3, -0.25) is 10.1 Å². The van der Waals surface area contributed by atoms with Gasteiger partial charge in [0.05, 0.1) is 4.92 Å². The van der Waals surface area contributed by atoms with Crippen molar-refractivity contribution in [3.05, 3.63) is 37.3 Å². The van der Waals surface area contributed by atoms with Gasteiger partial charge in [-0.2, -0.15) is 0 Å². The van der Waals surface area contributed by atoms with Crippen molar-refractivity contribution in [3.63, 3.8) is 0 Å². The number of nitrogens with zero attached hydrogens (tertiary/aromatic N) is 1. The number of benzene rings is 1. The van der Waals surface area contributed by atoms with E-state index in [1.54, 1.807) is 6.07 Å². The van der Waals surface area contributed by atoms with Crippen LogP contribution in [0.2, 0.25) is 5.02 Å². The highest BCUT2D eigenvalue weighted by Gasteiger charge is 2.15. The Balaban J connectivity index is 3.36. The van der Waals surface area contributed by atoms with Crippen molar-refractivity contribution in [2.75, 3.05) is 0 Å². The van der Waals surface area contributed by atoms with Gasteiger partial charge in [-0.25, -0.2) is 0 Å². The Morgan fingerprint density at radius 1 is 1.58 bits per heavy atom. The SMILES string of the molecule is Cc1ccc([N+](=O)[O-])c(Cl)c1Br. The molecule has 0 aromatic heterocycles. The van der Waals surface area contributed by atoms with Crippen molar-refractivity contribution >= 4 is 33.2 Å². The van der Waals surface area contributed by atoms with E-state index in [0.717, 1.165) is 5.56 Å². The molecule has 12 heavy (non-hydrogen) atoms. The third-order valence-corrected chi connectivity index (χ3v) is 3.08. The molecule has 1 aromatic rings. The minimum Gasteiger partial charge on any atom is -0.258 e. The van der Waals surface area contributed by atoms with Gasteiger partial charge in [0.2, 0.25) is 0 Å². The molecule has 0 saturated heterocycles. The Labute approximate surface area is 82.6 Å². The second-order valence-electron chi connectivity index (χ2n) is 2.29. The van der Waals surface area contributed by atoms with E-state index in [2.05, 4.69) is 15.9 Å². The molecule has 0 aliphatic heterocycles. The molecule has 0 bridgehead atoms. The van der Waals surface area contributed by atoms with E-state index in [-0.39, 0.29) is 10.7 Å². The molecule has 5 heteroatoms. The second-order valence-corrected chi connectivity index (χ2v) is 3.46. The van der Waals surface area contributed by atoms with Crippen molar-refractivity contribution in [2.24, 2.45) is 0 Å². The molecule has 0 unspecified atom stereocenters. The molecule has 3 nitrogen and oxygen atoms in total. The number of nitro groups is 1. The molecule has 0 radical (unpaired) electrons. The van der Waals surface area contributed by atoms with Crippen LogP contribution in [0, 0.1) is 17.0 Å². The summed E-state index contributed by atoms with van der Waals surface area (Å²) >= 11 is 8.87. The van der Waals surface area contributed by atoms with E-state index in [1.807, 2.05) is 6.92 Å². The van der Waals surface area contributed by atoms with E-state index in [1.165, 1.54) is 6.07 Å². The van der Waals surface area contributed by atoms with E-state index >= 15 is 0 Å². The standard InChI is InChI=1S/C7H5BrClNO2/c1-4-2-3-5(10(11)12)7(9)6(4)8/h2-3H,1H3. The van der Waals surface area contributed by atoms with Crippen molar-refractivity contribution in [1.29, 1.82) is 0 Å². The van der Waals surface area contributed by atoms with Crippen LogP contribution in [0.25, 0.3) is 0 Å². The first-order chi connectivity index (χ1) is 5.54. The summed E-state index contributed by atoms with van der Waals surface area (Å²) in [5.74, 6) is 0. The number of nitro benzene ring substituents is 1. The van der Waals surface area contributed by atoms with Crippen molar-refractivity contribution < 1.29 is 4.92 Å². The fraction of sp³-hybridized carbons (Fsp3) is 0.143. The smallest absolute Gasteiger partial charge is 0.258 e. The van der Waals surface area contributed by atoms with Crippen molar-refractivity contribution in [2.45, 2.75) is 6.92 Å². The average molecular weight is 250 g/mol. The fourth-order valence-corrected chi connectivity index (χ4v) is 1.39. The molecular formula is C7H5BrClNO2. The maximum Gasteiger partial charge on any atom is 0.289 e. The molecular weight excluding hydrogens is 245 g/mol. The molecule has 0 amide bonds. The van der Waals surface area contributed by atoms with Crippen LogP contribution in [0.3, 0.4) is 0 Å². The van der Waals surface area contributed by atoms with Crippen LogP contribution in [0.15, 0.2) is 16.6 Å². The molecule has 0 aliphatic rings. The molecule has 1 rings (SSSR count). The first-order valence-electron chi connectivity index (χ1n) is 3.13. The summed E-state index contributed by atoms with van der Waals surface area (Å²) in [6.45, 7) is 1.82. The first-order valence-corrected chi connectivity index (χ1v) is 4.30. The summed E-state index contributed by atoms with van der Waals surface area (Å²) in [5.41, 5.74) is 0.805. The topological polar surface area (TPSA) is 43.1 Å². The summed E-state index contributed by atoms with van der Waals surface area (Å²) in [5, 5.41) is 10.5. The summed E-state index contributed by atoms with van der Waals surface area (Å²) in [7, 11) is 0. The van der Waals surface area contributed by atoms with E-state index < -0.39 is 4.92 Å². The van der Waals surface area contributed by atoms with Crippen LogP contribution in [-0.4, -0.2) is 4.92 Å². The Hall–Kier alpha value is -0.610. The Morgan fingerprint density at radius 3 is 2.67 bits per heavy atom. The zero-order chi connectivity index (χ0) is 9.30. The summed E-state index contributed by atoms with van der Waals surface area (Å²) < 4.78 is 0.582. The maximum atomic E-state index is 10.4. The zero-order valence-corrected chi connectivity index (χ0v) is 8.52. The average Bonchev–Trinajstić information content (AvgIpc) is 2.00. The normalized spacial score (nSPS) is 9.92. The highest BCUT2D eigenvalue weighted by Crippen LogP contribution is 2.33. The quantitative estimate of drug-likeness (QED) is 0.567. The van der Waals surface area contributed by atoms with Crippen LogP contribution in [-0.2, 0) is 0 Å². The molecule has 0 atom stereocenters. The van der Waals surface area contributed by atoms with Crippen LogP contribution in [0.1, 0.15) is 5.56 Å². The molecule has 64 valence electrons. The first kappa shape index (κ1) is 9.48. The minimum absolute atomic E-state index is 0.0749. The maximum absolute atomic E-state index is 10.4. The van der Waals surface area contributed by atoms with Crippen LogP contribution < -0.4 is 0 Å². The lowest BCUT2D eigenvalue weighted by molar-refractivity contribution is -0.384. The molecule has 0 N–H and O–H groups in total. The monoisotopic (exact) mass is 249 g/mol. The van der Waals surface area contributed by atoms with Crippen LogP contribution in [0.4, 0.5) is 5.69 Å². The van der Waals surface area contributed by atoms with Crippen molar-refractivity contribution in [1.82, 2.24) is 0 Å². The van der Waals surface area contributed by atoms with E-state index in [4.69, 9.17) is 11.6 Å². The van der Waals surface area contributed by atoms with Gasteiger partial charge in [0.25, 0.3) is 5.69 Å². The van der Waals surface area contributed by atoms with Gasteiger partial charge in [-0.1, -0.05) is 17.7 Å². The Morgan fingerprint density at radius 2 is 2.17 bits per heavy atom. The van der Waals surface area contributed by atoms with Crippen LogP contribution in [0.5, 0.6) is 0 Å². The summed E-state index contributed by atoms with van der Waals surface area (Å²) in [6.07, 6.45) is 0. The largest absolute Gasteiger partial charge is 0.289 e. The summed E-state index contributed by atoms with van der Waals surface area (Å²) in [4.78, 5) is 9.88. The summed E-state index contributed by atoms with van der Waals surface area (Å²) in [6, 6.07) is 3.04. The highest BCUT2D eigenvalue weighted by molar-refractivity contribution is 9.10. The lowest BCUT2D eigenvalue weighted by Gasteiger charge is -2.00. The molecule has 1 aromatic carbocycles. The number of hydrogen-bond donors (Lipinski definition) is 0. The third kappa shape index (κ3) is 1.59. The Kier molecular flexibility index (Phi) is 2.69. The van der Waals surface area contributed by atoms with Gasteiger partial charge in [0.1, 0.15) is 5.02 Å². The van der Waals surface area contributed by atoms with Gasteiger partial charge in [-0.15, -0.1) is 0 Å². The predicted octanol–water partition coefficient (Wildman–Crippen LogP) is 3.32. The molecule has 0 fully saturated rings. The number of aryl methyl sites for hydroxylation is 1. The van der Waals surface area contributed by atoms with E-state index in [9.17, 15) is 10.1 Å². The van der Waals surface area contributed by atoms with Gasteiger partial charge in [0, 0.05) is 10.5 Å². The lowest BCUT2D eigenvalue weighted by atomic mass is 10.2. The Bertz CT molecular complexity index is 340. The number of hydrogen-bond acceptors (Lipinski definition) is 2. The van der Waals surface area contributed by atoms with Crippen molar-refractivity contribution in [3.8, 4) is 0 Å². The van der Waals surface area contributed by atoms with E-state index in [0.29, 0.717) is 4.47 Å². The van der Waals surface area contributed by atoms with Crippen LogP contribution >= 0.6 is 27.5 Å². The highest BCUT2D eigenvalue weighted by atomic mass is 79.9. The zero-order valence-electron chi connectivity index (χ0n) is 6.17. The molecule has 0 aliphatic carbocycles. The second kappa shape index (κ2) is 3.41. The third-order valence-electron chi connectivity index (χ3n) is 1.45. The van der Waals surface area contributed by atoms with Gasteiger partial charge >= 0.3 is 0 Å². The fourth-order valence-electron chi connectivity index (χ4n) is 0.777. The van der Waals surface area contributed by atoms with Gasteiger partial charge < -0.3 is 0 Å². The molecule has 0 saturated carbocycles. The van der Waals surface area contributed by atoms with Gasteiger partial charge in [-0.05, 0) is 28.4 Å². The molecule has 0 spiro atoms. The number of halogens is 2. The number of rotatable bonds is 1.